The summed E-state index contributed by atoms with van der Waals surface area (Å²) < 4.78 is 5.94. The highest BCUT2D eigenvalue weighted by Gasteiger charge is 2.40. The van der Waals surface area contributed by atoms with Crippen LogP contribution in [0.15, 0.2) is 76.5 Å². The summed E-state index contributed by atoms with van der Waals surface area (Å²) in [5.41, 5.74) is 8.91. The summed E-state index contributed by atoms with van der Waals surface area (Å²) in [7, 11) is 0. The molecule has 3 heterocycles. The van der Waals surface area contributed by atoms with Crippen LogP contribution in [0.1, 0.15) is 11.8 Å². The summed E-state index contributed by atoms with van der Waals surface area (Å²) >= 11 is 1.49. The molecule has 1 amide bonds. The van der Waals surface area contributed by atoms with Gasteiger partial charge in [0.25, 0.3) is 0 Å². The van der Waals surface area contributed by atoms with Gasteiger partial charge in [0.1, 0.15) is 18.2 Å². The van der Waals surface area contributed by atoms with Crippen LogP contribution in [0.25, 0.3) is 0 Å². The van der Waals surface area contributed by atoms with E-state index in [-0.39, 0.29) is 36.8 Å². The number of para-hydroxylation sites is 1. The van der Waals surface area contributed by atoms with Crippen LogP contribution in [-0.2, 0) is 4.79 Å². The normalized spacial score (nSPS) is 20.1. The summed E-state index contributed by atoms with van der Waals surface area (Å²) in [4.78, 5) is 20.8. The Labute approximate surface area is 195 Å². The fourth-order valence-corrected chi connectivity index (χ4v) is 4.91. The van der Waals surface area contributed by atoms with Gasteiger partial charge in [-0.25, -0.2) is 4.99 Å². The third-order valence-electron chi connectivity index (χ3n) is 5.24. The van der Waals surface area contributed by atoms with E-state index < -0.39 is 6.23 Å². The lowest BCUT2D eigenvalue weighted by atomic mass is 9.89. The van der Waals surface area contributed by atoms with Crippen LogP contribution in [0, 0.1) is 5.92 Å². The van der Waals surface area contributed by atoms with Crippen LogP contribution in [0.3, 0.4) is 0 Å². The average Bonchev–Trinajstić information content (AvgIpc) is 3.27. The minimum absolute atomic E-state index is 0.133. The topological polar surface area (TPSA) is 142 Å². The highest BCUT2D eigenvalue weighted by Crippen LogP contribution is 2.42. The van der Waals surface area contributed by atoms with Gasteiger partial charge in [-0.1, -0.05) is 18.2 Å². The fraction of sp³-hybridized carbons (Fsp3) is 0.261. The Kier molecular flexibility index (Phi) is 7.28. The number of ether oxygens (including phenoxy) is 1. The van der Waals surface area contributed by atoms with E-state index >= 15 is 0 Å². The molecule has 0 saturated heterocycles. The molecule has 6 N–H and O–H groups in total. The van der Waals surface area contributed by atoms with Gasteiger partial charge in [-0.2, -0.15) is 0 Å². The maximum absolute atomic E-state index is 12.4. The van der Waals surface area contributed by atoms with Crippen molar-refractivity contribution in [3.63, 3.8) is 0 Å². The summed E-state index contributed by atoms with van der Waals surface area (Å²) in [6, 6.07) is 11.1. The van der Waals surface area contributed by atoms with E-state index in [1.54, 1.807) is 18.5 Å². The molecule has 0 radical (unpaired) electrons. The van der Waals surface area contributed by atoms with Crippen molar-refractivity contribution in [3.05, 3.63) is 77.1 Å². The second kappa shape index (κ2) is 10.5. The quantitative estimate of drug-likeness (QED) is 0.350. The van der Waals surface area contributed by atoms with E-state index in [1.165, 1.54) is 18.0 Å². The van der Waals surface area contributed by atoms with E-state index in [4.69, 9.17) is 15.6 Å². The Balaban J connectivity index is 1.39. The van der Waals surface area contributed by atoms with Gasteiger partial charge in [0.2, 0.25) is 5.91 Å². The molecule has 9 nitrogen and oxygen atoms in total. The number of aliphatic hydroxyl groups excluding tert-OH is 2. The molecular formula is C23H25N5O4S. The zero-order chi connectivity index (χ0) is 23.2. The summed E-state index contributed by atoms with van der Waals surface area (Å²) in [5.74, 6) is 0.401. The van der Waals surface area contributed by atoms with Crippen LogP contribution in [0.4, 0.5) is 5.69 Å². The van der Waals surface area contributed by atoms with E-state index in [1.807, 2.05) is 35.7 Å². The van der Waals surface area contributed by atoms with E-state index in [0.29, 0.717) is 22.7 Å². The lowest BCUT2D eigenvalue weighted by Gasteiger charge is -2.26. The molecule has 0 saturated carbocycles. The molecule has 3 atom stereocenters. The van der Waals surface area contributed by atoms with Crippen LogP contribution < -0.4 is 21.1 Å². The van der Waals surface area contributed by atoms with Crippen molar-refractivity contribution in [2.75, 3.05) is 25.1 Å². The Hall–Kier alpha value is -3.34. The van der Waals surface area contributed by atoms with Crippen molar-refractivity contribution in [2.45, 2.75) is 11.5 Å². The summed E-state index contributed by atoms with van der Waals surface area (Å²) in [6.45, 7) is 0.282. The number of aliphatic hydroxyl groups is 2. The number of aliphatic imine (C=N–C) groups is 1. The number of hydrogen-bond donors (Lipinski definition) is 5. The molecule has 3 unspecified atom stereocenters. The number of nitrogens with one attached hydrogen (secondary N) is 2. The molecule has 10 heteroatoms. The van der Waals surface area contributed by atoms with Crippen molar-refractivity contribution >= 4 is 29.2 Å². The van der Waals surface area contributed by atoms with Crippen LogP contribution in [0.2, 0.25) is 0 Å². The van der Waals surface area contributed by atoms with Crippen molar-refractivity contribution in [2.24, 2.45) is 16.6 Å². The van der Waals surface area contributed by atoms with Crippen molar-refractivity contribution in [3.8, 4) is 5.75 Å². The number of carbonyl (C=O) groups is 1. The Bertz CT molecular complexity index is 1090. The number of thioether (sulfide) groups is 1. The first-order valence-electron chi connectivity index (χ1n) is 10.4. The van der Waals surface area contributed by atoms with E-state index in [2.05, 4.69) is 20.6 Å². The monoisotopic (exact) mass is 467 g/mol. The second-order valence-electron chi connectivity index (χ2n) is 7.50. The number of benzene rings is 1. The molecule has 1 aromatic carbocycles. The number of anilines is 1. The Morgan fingerprint density at radius 2 is 2.09 bits per heavy atom. The molecule has 2 aromatic rings. The van der Waals surface area contributed by atoms with Gasteiger partial charge in [-0.3, -0.25) is 9.78 Å². The number of hydrogen-bond acceptors (Lipinski definition) is 9. The number of amides is 1. The number of amidine groups is 1. The third-order valence-corrected chi connectivity index (χ3v) is 6.50. The maximum atomic E-state index is 12.4. The van der Waals surface area contributed by atoms with Gasteiger partial charge in [-0.05, 0) is 29.2 Å². The van der Waals surface area contributed by atoms with Gasteiger partial charge in [0.05, 0.1) is 24.0 Å². The van der Waals surface area contributed by atoms with Crippen molar-refractivity contribution in [1.29, 1.82) is 0 Å². The molecule has 172 valence electrons. The molecule has 0 spiro atoms. The van der Waals surface area contributed by atoms with Crippen molar-refractivity contribution in [1.82, 2.24) is 10.3 Å². The van der Waals surface area contributed by atoms with Crippen molar-refractivity contribution < 1.29 is 19.7 Å². The smallest absolute Gasteiger partial charge is 0.250 e. The number of aromatic nitrogens is 1. The summed E-state index contributed by atoms with van der Waals surface area (Å²) in [5, 5.41) is 26.9. The molecule has 0 fully saturated rings. The maximum Gasteiger partial charge on any atom is 0.250 e. The molecule has 2 aliphatic rings. The number of carbonyl (C=O) groups excluding carboxylic acids is 1. The lowest BCUT2D eigenvalue weighted by Crippen LogP contribution is -2.40. The highest BCUT2D eigenvalue weighted by molar-refractivity contribution is 8.03. The fourth-order valence-electron chi connectivity index (χ4n) is 3.59. The standard InChI is InChI=1S/C23H25N5O4S/c24-21-19-15(13-33-20(19)18(11-27-21)23(31)26-6-7-29)12-32-17-8-14(9-25-10-17)22(30)28-16-4-2-1-3-5-16/h1-5,8-11,13,19-20,22,28-30H,6-7,12H2,(H2,24,27)(H,26,31). The third kappa shape index (κ3) is 5.36. The zero-order valence-electron chi connectivity index (χ0n) is 17.7. The first kappa shape index (κ1) is 22.8. The Morgan fingerprint density at radius 3 is 2.88 bits per heavy atom. The van der Waals surface area contributed by atoms with Crippen LogP contribution in [0.5, 0.6) is 5.75 Å². The van der Waals surface area contributed by atoms with Gasteiger partial charge < -0.3 is 31.3 Å². The zero-order valence-corrected chi connectivity index (χ0v) is 18.5. The number of nitrogens with two attached hydrogens (primary N) is 1. The minimum atomic E-state index is -0.944. The minimum Gasteiger partial charge on any atom is -0.488 e. The molecular weight excluding hydrogens is 442 g/mol. The molecule has 1 aromatic heterocycles. The first-order valence-corrected chi connectivity index (χ1v) is 11.3. The highest BCUT2D eigenvalue weighted by atomic mass is 32.2. The predicted octanol–water partition coefficient (Wildman–Crippen LogP) is 1.54. The average molecular weight is 468 g/mol. The SMILES string of the molecule is NC1=NC=C(C(=O)NCCO)C2SC=C(COc3cncc(C(O)Nc4ccccc4)c3)C12. The summed E-state index contributed by atoms with van der Waals surface area (Å²) in [6.07, 6.45) is 3.69. The number of rotatable bonds is 9. The second-order valence-corrected chi connectivity index (χ2v) is 8.52. The van der Waals surface area contributed by atoms with Gasteiger partial charge in [0.15, 0.2) is 6.23 Å². The predicted molar refractivity (Wildman–Crippen MR) is 128 cm³/mol. The Morgan fingerprint density at radius 1 is 1.27 bits per heavy atom. The first-order chi connectivity index (χ1) is 16.1. The number of fused-ring (bicyclic) bond motifs is 1. The van der Waals surface area contributed by atoms with Gasteiger partial charge >= 0.3 is 0 Å². The van der Waals surface area contributed by atoms with Gasteiger partial charge in [-0.15, -0.1) is 11.8 Å². The molecule has 2 aliphatic heterocycles. The molecule has 0 aliphatic carbocycles. The lowest BCUT2D eigenvalue weighted by molar-refractivity contribution is -0.117. The molecule has 4 rings (SSSR count). The molecule has 33 heavy (non-hydrogen) atoms. The van der Waals surface area contributed by atoms with Crippen LogP contribution in [-0.4, -0.2) is 51.9 Å². The number of pyridine rings is 1. The van der Waals surface area contributed by atoms with E-state index in [0.717, 1.165) is 11.3 Å². The number of nitrogens with zero attached hydrogens (tertiary/aromatic N) is 2. The van der Waals surface area contributed by atoms with E-state index in [9.17, 15) is 9.90 Å². The molecule has 0 bridgehead atoms. The largest absolute Gasteiger partial charge is 0.488 e. The van der Waals surface area contributed by atoms with Crippen LogP contribution >= 0.6 is 11.8 Å². The van der Waals surface area contributed by atoms with Gasteiger partial charge in [0, 0.05) is 35.8 Å².